The number of rotatable bonds is 5. The van der Waals surface area contributed by atoms with Crippen molar-refractivity contribution in [2.75, 3.05) is 0 Å². The second kappa shape index (κ2) is 8.97. The lowest BCUT2D eigenvalue weighted by molar-refractivity contribution is -0.0000119. The maximum atomic E-state index is 14.1. The van der Waals surface area contributed by atoms with Gasteiger partial charge in [-0.1, -0.05) is 72.8 Å². The van der Waals surface area contributed by atoms with Crippen molar-refractivity contribution >= 4 is 28.7 Å². The first-order valence-corrected chi connectivity index (χ1v) is 10.8. The maximum Gasteiger partial charge on any atom is 0.313 e. The van der Waals surface area contributed by atoms with E-state index in [1.54, 1.807) is 0 Å². The van der Waals surface area contributed by atoms with Crippen molar-refractivity contribution in [1.82, 2.24) is 0 Å². The highest BCUT2D eigenvalue weighted by atomic mass is 35.5. The highest BCUT2D eigenvalue weighted by molar-refractivity contribution is 8.08. The Morgan fingerprint density at radius 3 is 1.07 bits per heavy atom. The van der Waals surface area contributed by atoms with Gasteiger partial charge in [0.05, 0.1) is 5.56 Å². The highest BCUT2D eigenvalue weighted by Crippen LogP contribution is 2.57. The molecule has 4 aromatic carbocycles. The molecule has 4 rings (SSSR count). The molecular weight excluding hydrogens is 383 g/mol. The molecule has 4 aromatic rings. The SMILES string of the molecule is O=C(c1ccccc1)[P+](c1ccccc1)(c1ccccc1)c1ccccc1.[Cl-]. The van der Waals surface area contributed by atoms with E-state index in [9.17, 15) is 4.79 Å². The molecule has 0 unspecified atom stereocenters. The second-order valence-electron chi connectivity index (χ2n) is 6.35. The number of hydrogen-bond acceptors (Lipinski definition) is 1. The molecule has 0 aromatic heterocycles. The quantitative estimate of drug-likeness (QED) is 0.465. The Labute approximate surface area is 172 Å². The zero-order valence-corrected chi connectivity index (χ0v) is 16.9. The van der Waals surface area contributed by atoms with Crippen molar-refractivity contribution in [3.8, 4) is 0 Å². The van der Waals surface area contributed by atoms with Crippen molar-refractivity contribution in [2.45, 2.75) is 0 Å². The molecule has 0 saturated carbocycles. The van der Waals surface area contributed by atoms with Gasteiger partial charge < -0.3 is 12.4 Å². The molecule has 0 aliphatic rings. The third-order valence-corrected chi connectivity index (χ3v) is 8.84. The van der Waals surface area contributed by atoms with Crippen LogP contribution in [0.5, 0.6) is 0 Å². The van der Waals surface area contributed by atoms with Crippen LogP contribution in [-0.4, -0.2) is 5.52 Å². The van der Waals surface area contributed by atoms with Crippen LogP contribution in [0.15, 0.2) is 121 Å². The summed E-state index contributed by atoms with van der Waals surface area (Å²) in [5, 5.41) is 3.24. The third-order valence-electron chi connectivity index (χ3n) is 4.76. The summed E-state index contributed by atoms with van der Waals surface area (Å²) in [7, 11) is -2.51. The van der Waals surface area contributed by atoms with Gasteiger partial charge in [0.2, 0.25) is 0 Å². The first-order chi connectivity index (χ1) is 13.3. The van der Waals surface area contributed by atoms with E-state index < -0.39 is 7.26 Å². The van der Waals surface area contributed by atoms with Gasteiger partial charge in [0.15, 0.2) is 7.26 Å². The lowest BCUT2D eigenvalue weighted by Crippen LogP contribution is -3.00. The standard InChI is InChI=1S/C25H20OP.ClH/c26-25(21-13-5-1-6-14-21)27(22-15-7-2-8-16-22,23-17-9-3-10-18-23)24-19-11-4-12-20-24;/h1-20H;1H/q+1;/p-1. The minimum Gasteiger partial charge on any atom is -1.00 e. The van der Waals surface area contributed by atoms with Gasteiger partial charge in [0.25, 0.3) is 0 Å². The molecule has 0 aliphatic heterocycles. The lowest BCUT2D eigenvalue weighted by Gasteiger charge is -2.25. The molecule has 0 amide bonds. The molecule has 0 atom stereocenters. The minimum absolute atomic E-state index is 0. The van der Waals surface area contributed by atoms with Crippen LogP contribution in [0.4, 0.5) is 0 Å². The molecule has 0 heterocycles. The van der Waals surface area contributed by atoms with Crippen LogP contribution in [0.3, 0.4) is 0 Å². The Morgan fingerprint density at radius 2 is 0.750 bits per heavy atom. The van der Waals surface area contributed by atoms with Crippen LogP contribution in [0.25, 0.3) is 0 Å². The minimum atomic E-state index is -2.51. The fraction of sp³-hybridized carbons (Fsp3) is 0. The van der Waals surface area contributed by atoms with E-state index in [-0.39, 0.29) is 17.9 Å². The second-order valence-corrected chi connectivity index (χ2v) is 9.65. The smallest absolute Gasteiger partial charge is 0.313 e. The molecular formula is C25H20ClOP. The summed E-state index contributed by atoms with van der Waals surface area (Å²) in [5.41, 5.74) is 0.939. The fourth-order valence-corrected chi connectivity index (χ4v) is 7.52. The normalized spacial score (nSPS) is 10.7. The molecule has 28 heavy (non-hydrogen) atoms. The van der Waals surface area contributed by atoms with Gasteiger partial charge in [-0.3, -0.25) is 0 Å². The van der Waals surface area contributed by atoms with Crippen LogP contribution in [0, 0.1) is 0 Å². The summed E-state index contributed by atoms with van der Waals surface area (Å²) in [6.45, 7) is 0. The average Bonchev–Trinajstić information content (AvgIpc) is 2.77. The van der Waals surface area contributed by atoms with Crippen molar-refractivity contribution in [3.63, 3.8) is 0 Å². The molecule has 138 valence electrons. The lowest BCUT2D eigenvalue weighted by atomic mass is 10.2. The molecule has 0 radical (unpaired) electrons. The van der Waals surface area contributed by atoms with Crippen LogP contribution in [0.1, 0.15) is 10.4 Å². The zero-order chi connectivity index (χ0) is 18.5. The molecule has 0 saturated heterocycles. The van der Waals surface area contributed by atoms with E-state index in [1.165, 1.54) is 0 Å². The highest BCUT2D eigenvalue weighted by Gasteiger charge is 2.53. The van der Waals surface area contributed by atoms with Crippen LogP contribution in [0.2, 0.25) is 0 Å². The molecule has 0 N–H and O–H groups in total. The molecule has 1 nitrogen and oxygen atoms in total. The number of halogens is 1. The Bertz CT molecular complexity index is 922. The van der Waals surface area contributed by atoms with Gasteiger partial charge in [-0.05, 0) is 48.5 Å². The average molecular weight is 403 g/mol. The van der Waals surface area contributed by atoms with E-state index in [2.05, 4.69) is 36.4 Å². The van der Waals surface area contributed by atoms with Crippen molar-refractivity contribution in [3.05, 3.63) is 127 Å². The van der Waals surface area contributed by atoms with E-state index in [0.29, 0.717) is 0 Å². The zero-order valence-electron chi connectivity index (χ0n) is 15.3. The van der Waals surface area contributed by atoms with E-state index in [4.69, 9.17) is 0 Å². The first kappa shape index (κ1) is 20.0. The van der Waals surface area contributed by atoms with Crippen molar-refractivity contribution in [2.24, 2.45) is 0 Å². The topological polar surface area (TPSA) is 17.1 Å². The number of carbonyl (C=O) groups excluding carboxylic acids is 1. The van der Waals surface area contributed by atoms with Gasteiger partial charge in [0.1, 0.15) is 15.9 Å². The molecule has 0 fully saturated rings. The Balaban J connectivity index is 0.00000225. The fourth-order valence-electron chi connectivity index (χ4n) is 3.53. The maximum absolute atomic E-state index is 14.1. The summed E-state index contributed by atoms with van der Waals surface area (Å²) in [4.78, 5) is 14.1. The summed E-state index contributed by atoms with van der Waals surface area (Å²) in [6.07, 6.45) is 0. The Kier molecular flexibility index (Phi) is 6.41. The van der Waals surface area contributed by atoms with Crippen LogP contribution >= 0.6 is 7.26 Å². The summed E-state index contributed by atoms with van der Waals surface area (Å²) >= 11 is 0. The van der Waals surface area contributed by atoms with Crippen molar-refractivity contribution < 1.29 is 17.2 Å². The largest absolute Gasteiger partial charge is 1.00 e. The van der Waals surface area contributed by atoms with Gasteiger partial charge in [0, 0.05) is 0 Å². The number of benzene rings is 4. The monoisotopic (exact) mass is 402 g/mol. The van der Waals surface area contributed by atoms with E-state index >= 15 is 0 Å². The van der Waals surface area contributed by atoms with Gasteiger partial charge in [-0.2, -0.15) is 0 Å². The van der Waals surface area contributed by atoms with Gasteiger partial charge in [-0.25, -0.2) is 4.79 Å². The third kappa shape index (κ3) is 3.52. The molecule has 0 aliphatic carbocycles. The summed E-state index contributed by atoms with van der Waals surface area (Å²) in [5.74, 6) is 0. The van der Waals surface area contributed by atoms with E-state index in [1.807, 2.05) is 84.9 Å². The molecule has 3 heteroatoms. The van der Waals surface area contributed by atoms with Gasteiger partial charge >= 0.3 is 5.52 Å². The van der Waals surface area contributed by atoms with Gasteiger partial charge in [-0.15, -0.1) is 0 Å². The van der Waals surface area contributed by atoms with Crippen LogP contribution in [-0.2, 0) is 0 Å². The molecule has 0 spiro atoms. The van der Waals surface area contributed by atoms with Crippen molar-refractivity contribution in [1.29, 1.82) is 0 Å². The van der Waals surface area contributed by atoms with E-state index in [0.717, 1.165) is 21.5 Å². The predicted octanol–water partition coefficient (Wildman–Crippen LogP) is 1.82. The van der Waals surface area contributed by atoms with Crippen LogP contribution < -0.4 is 28.3 Å². The number of carbonyl (C=O) groups is 1. The molecule has 0 bridgehead atoms. The summed E-state index contributed by atoms with van der Waals surface area (Å²) in [6, 6.07) is 40.3. The predicted molar refractivity (Wildman–Crippen MR) is 116 cm³/mol. The Morgan fingerprint density at radius 1 is 0.464 bits per heavy atom. The summed E-state index contributed by atoms with van der Waals surface area (Å²) < 4.78 is 0. The Hall–Kier alpha value is -2.73. The number of hydrogen-bond donors (Lipinski definition) is 0. The first-order valence-electron chi connectivity index (χ1n) is 8.99.